The Hall–Kier alpha value is -2.15. The van der Waals surface area contributed by atoms with Gasteiger partial charge in [0.2, 0.25) is 5.91 Å². The minimum Gasteiger partial charge on any atom is -0.340 e. The van der Waals surface area contributed by atoms with Crippen molar-refractivity contribution in [3.05, 3.63) is 38.9 Å². The Kier molecular flexibility index (Phi) is 6.00. The second-order valence-corrected chi connectivity index (χ2v) is 7.00. The minimum absolute atomic E-state index is 0.0404. The molecule has 136 valence electrons. The normalized spacial score (nSPS) is 17.0. The summed E-state index contributed by atoms with van der Waals surface area (Å²) in [6.07, 6.45) is 1.74. The Labute approximate surface area is 151 Å². The average Bonchev–Trinajstić information content (AvgIpc) is 3.01. The number of carbonyl (C=O) groups is 2. The summed E-state index contributed by atoms with van der Waals surface area (Å²) in [6, 6.07) is 3.76. The van der Waals surface area contributed by atoms with Crippen LogP contribution >= 0.6 is 11.6 Å². The van der Waals surface area contributed by atoms with Gasteiger partial charge in [0.05, 0.1) is 15.5 Å². The number of nitro groups is 1. The highest BCUT2D eigenvalue weighted by atomic mass is 35.5. The molecule has 0 aromatic heterocycles. The smallest absolute Gasteiger partial charge is 0.270 e. The molecule has 1 saturated heterocycles. The molecule has 1 aliphatic heterocycles. The quantitative estimate of drug-likeness (QED) is 0.591. The van der Waals surface area contributed by atoms with E-state index in [-0.39, 0.29) is 34.1 Å². The van der Waals surface area contributed by atoms with Crippen LogP contribution in [0.3, 0.4) is 0 Å². The molecule has 1 unspecified atom stereocenters. The van der Waals surface area contributed by atoms with Gasteiger partial charge >= 0.3 is 0 Å². The monoisotopic (exact) mass is 367 g/mol. The van der Waals surface area contributed by atoms with Crippen molar-refractivity contribution in [3.63, 3.8) is 0 Å². The van der Waals surface area contributed by atoms with Crippen LogP contribution in [0, 0.1) is 16.0 Å². The van der Waals surface area contributed by atoms with Gasteiger partial charge in [-0.05, 0) is 18.9 Å². The molecule has 1 aromatic carbocycles. The van der Waals surface area contributed by atoms with Crippen molar-refractivity contribution in [2.24, 2.45) is 5.92 Å². The van der Waals surface area contributed by atoms with Crippen LogP contribution in [0.15, 0.2) is 18.2 Å². The summed E-state index contributed by atoms with van der Waals surface area (Å²) >= 11 is 6.04. The first-order valence-corrected chi connectivity index (χ1v) is 8.60. The number of likely N-dealkylation sites (N-methyl/N-ethyl adjacent to an activating group) is 1. The molecule has 2 rings (SSSR count). The van der Waals surface area contributed by atoms with Crippen LogP contribution in [0.2, 0.25) is 5.02 Å². The molecule has 0 aliphatic carbocycles. The molecule has 2 amide bonds. The van der Waals surface area contributed by atoms with E-state index in [0.29, 0.717) is 13.1 Å². The number of amides is 2. The highest BCUT2D eigenvalue weighted by molar-refractivity contribution is 6.33. The van der Waals surface area contributed by atoms with Gasteiger partial charge in [-0.3, -0.25) is 19.7 Å². The predicted molar refractivity (Wildman–Crippen MR) is 94.6 cm³/mol. The van der Waals surface area contributed by atoms with Gasteiger partial charge in [0, 0.05) is 44.2 Å². The third-order valence-electron chi connectivity index (χ3n) is 4.38. The van der Waals surface area contributed by atoms with E-state index in [1.54, 1.807) is 7.05 Å². The molecule has 7 nitrogen and oxygen atoms in total. The number of rotatable bonds is 5. The van der Waals surface area contributed by atoms with E-state index in [2.05, 4.69) is 0 Å². The van der Waals surface area contributed by atoms with Crippen LogP contribution in [0.1, 0.15) is 37.0 Å². The number of non-ortho nitro benzene ring substituents is 1. The average molecular weight is 368 g/mol. The fraction of sp³-hybridized carbons (Fsp3) is 0.529. The van der Waals surface area contributed by atoms with E-state index < -0.39 is 10.8 Å². The molecule has 1 aliphatic rings. The fourth-order valence-corrected chi connectivity index (χ4v) is 3.24. The number of hydrogen-bond donors (Lipinski definition) is 0. The van der Waals surface area contributed by atoms with E-state index in [4.69, 9.17) is 11.6 Å². The molecular weight excluding hydrogens is 346 g/mol. The van der Waals surface area contributed by atoms with Gasteiger partial charge in [0.1, 0.15) is 0 Å². The summed E-state index contributed by atoms with van der Waals surface area (Å²) in [5.74, 6) is -0.401. The van der Waals surface area contributed by atoms with Crippen molar-refractivity contribution < 1.29 is 14.5 Å². The van der Waals surface area contributed by atoms with E-state index in [1.807, 2.05) is 18.7 Å². The zero-order valence-corrected chi connectivity index (χ0v) is 15.3. The molecule has 0 bridgehead atoms. The second-order valence-electron chi connectivity index (χ2n) is 6.59. The lowest BCUT2D eigenvalue weighted by Gasteiger charge is -2.30. The van der Waals surface area contributed by atoms with E-state index >= 15 is 0 Å². The highest BCUT2D eigenvalue weighted by Crippen LogP contribution is 2.25. The number of hydrogen-bond acceptors (Lipinski definition) is 4. The van der Waals surface area contributed by atoms with Gasteiger partial charge in [-0.2, -0.15) is 0 Å². The van der Waals surface area contributed by atoms with Gasteiger partial charge in [0.25, 0.3) is 11.6 Å². The lowest BCUT2D eigenvalue weighted by atomic mass is 10.1. The summed E-state index contributed by atoms with van der Waals surface area (Å²) in [5.41, 5.74) is -0.0864. The molecule has 0 N–H and O–H groups in total. The maximum absolute atomic E-state index is 12.7. The summed E-state index contributed by atoms with van der Waals surface area (Å²) in [7, 11) is 1.62. The first kappa shape index (κ1) is 19.2. The van der Waals surface area contributed by atoms with Crippen LogP contribution in [-0.2, 0) is 4.79 Å². The Morgan fingerprint density at radius 3 is 2.72 bits per heavy atom. The Balaban J connectivity index is 2.14. The fourth-order valence-electron chi connectivity index (χ4n) is 3.04. The number of benzene rings is 1. The van der Waals surface area contributed by atoms with Crippen molar-refractivity contribution in [3.8, 4) is 0 Å². The summed E-state index contributed by atoms with van der Waals surface area (Å²) in [4.78, 5) is 38.6. The molecule has 0 saturated carbocycles. The molecule has 1 fully saturated rings. The van der Waals surface area contributed by atoms with Crippen molar-refractivity contribution in [1.29, 1.82) is 0 Å². The van der Waals surface area contributed by atoms with Crippen LogP contribution in [-0.4, -0.2) is 52.7 Å². The lowest BCUT2D eigenvalue weighted by Crippen LogP contribution is -2.45. The molecule has 0 radical (unpaired) electrons. The molecule has 1 atom stereocenters. The molecule has 0 spiro atoms. The Morgan fingerprint density at radius 1 is 1.44 bits per heavy atom. The second kappa shape index (κ2) is 7.82. The van der Waals surface area contributed by atoms with Crippen LogP contribution in [0.5, 0.6) is 0 Å². The van der Waals surface area contributed by atoms with Crippen molar-refractivity contribution in [2.75, 3.05) is 20.1 Å². The van der Waals surface area contributed by atoms with Crippen LogP contribution < -0.4 is 0 Å². The first-order valence-electron chi connectivity index (χ1n) is 8.22. The molecule has 8 heteroatoms. The van der Waals surface area contributed by atoms with Crippen molar-refractivity contribution in [1.82, 2.24) is 9.80 Å². The number of nitrogens with zero attached hydrogens (tertiary/aromatic N) is 3. The molecule has 25 heavy (non-hydrogen) atoms. The maximum atomic E-state index is 12.7. The topological polar surface area (TPSA) is 83.8 Å². The van der Waals surface area contributed by atoms with Gasteiger partial charge in [-0.25, -0.2) is 0 Å². The third-order valence-corrected chi connectivity index (χ3v) is 4.71. The lowest BCUT2D eigenvalue weighted by molar-refractivity contribution is -0.384. The third kappa shape index (κ3) is 4.28. The van der Waals surface area contributed by atoms with Crippen LogP contribution in [0.4, 0.5) is 5.69 Å². The Bertz CT molecular complexity index is 692. The highest BCUT2D eigenvalue weighted by Gasteiger charge is 2.32. The summed E-state index contributed by atoms with van der Waals surface area (Å²) in [5, 5.41) is 11.1. The van der Waals surface area contributed by atoms with Gasteiger partial charge in [0.15, 0.2) is 0 Å². The SMILES string of the molecule is CC(C)C(=O)N1CCCC1CN(C)C(=O)c1cc([N+](=O)[O-])ccc1Cl. The number of nitro benzene ring substituents is 1. The maximum Gasteiger partial charge on any atom is 0.270 e. The standard InChI is InChI=1S/C17H22ClN3O4/c1-11(2)16(22)20-8-4-5-13(20)10-19(3)17(23)14-9-12(21(24)25)6-7-15(14)18/h6-7,9,11,13H,4-5,8,10H2,1-3H3. The number of halogens is 1. The van der Waals surface area contributed by atoms with E-state index in [0.717, 1.165) is 12.8 Å². The largest absolute Gasteiger partial charge is 0.340 e. The summed E-state index contributed by atoms with van der Waals surface area (Å²) in [6.45, 7) is 4.78. The molecule has 1 heterocycles. The van der Waals surface area contributed by atoms with Gasteiger partial charge in [-0.15, -0.1) is 0 Å². The van der Waals surface area contributed by atoms with E-state index in [9.17, 15) is 19.7 Å². The predicted octanol–water partition coefficient (Wildman–Crippen LogP) is 2.97. The van der Waals surface area contributed by atoms with Crippen molar-refractivity contribution >= 4 is 29.1 Å². The zero-order valence-electron chi connectivity index (χ0n) is 14.6. The van der Waals surface area contributed by atoms with Crippen molar-refractivity contribution in [2.45, 2.75) is 32.7 Å². The van der Waals surface area contributed by atoms with Crippen LogP contribution in [0.25, 0.3) is 0 Å². The van der Waals surface area contributed by atoms with Gasteiger partial charge in [-0.1, -0.05) is 25.4 Å². The zero-order chi connectivity index (χ0) is 18.7. The summed E-state index contributed by atoms with van der Waals surface area (Å²) < 4.78 is 0. The number of carbonyl (C=O) groups excluding carboxylic acids is 2. The molecular formula is C17H22ClN3O4. The molecule has 1 aromatic rings. The first-order chi connectivity index (χ1) is 11.7. The Morgan fingerprint density at radius 2 is 2.12 bits per heavy atom. The number of likely N-dealkylation sites (tertiary alicyclic amines) is 1. The van der Waals surface area contributed by atoms with E-state index in [1.165, 1.54) is 23.1 Å². The minimum atomic E-state index is -0.562. The van der Waals surface area contributed by atoms with Gasteiger partial charge < -0.3 is 9.80 Å².